The van der Waals surface area contributed by atoms with E-state index in [-0.39, 0.29) is 31.1 Å². The fourth-order valence-corrected chi connectivity index (χ4v) is 2.78. The van der Waals surface area contributed by atoms with E-state index in [1.165, 1.54) is 25.7 Å². The molecule has 2 unspecified atom stereocenters. The molecule has 3 atom stereocenters. The van der Waals surface area contributed by atoms with Gasteiger partial charge in [-0.25, -0.2) is 25.2 Å². The number of anilines is 1. The first-order valence-corrected chi connectivity index (χ1v) is 8.63. The van der Waals surface area contributed by atoms with Crippen molar-refractivity contribution in [1.29, 1.82) is 5.26 Å². The topological polar surface area (TPSA) is 143 Å². The van der Waals surface area contributed by atoms with Crippen LogP contribution < -0.4 is 31.4 Å². The smallest absolute Gasteiger partial charge is 0.158 e. The second-order valence-electron chi connectivity index (χ2n) is 6.07. The van der Waals surface area contributed by atoms with Gasteiger partial charge in [-0.15, -0.1) is 0 Å². The van der Waals surface area contributed by atoms with Gasteiger partial charge in [0.25, 0.3) is 0 Å². The number of halogens is 1. The number of nitrogens with zero attached hydrogens (tertiary/aromatic N) is 4. The molecule has 1 aliphatic heterocycles. The lowest BCUT2D eigenvalue weighted by Gasteiger charge is -2.19. The van der Waals surface area contributed by atoms with Gasteiger partial charge in [-0.1, -0.05) is 0 Å². The van der Waals surface area contributed by atoms with Crippen LogP contribution in [0.1, 0.15) is 23.7 Å². The Bertz CT molecular complexity index is 829. The molecule has 11 heteroatoms. The number of hydrogen-bond acceptors (Lipinski definition) is 10. The van der Waals surface area contributed by atoms with Gasteiger partial charge in [0, 0.05) is 13.0 Å². The van der Waals surface area contributed by atoms with E-state index < -0.39 is 6.17 Å². The largest absolute Gasteiger partial charge is 0.495 e. The molecule has 0 radical (unpaired) electrons. The number of nitrogens with one attached hydrogen (secondary N) is 3. The summed E-state index contributed by atoms with van der Waals surface area (Å²) in [5.41, 5.74) is 12.6. The van der Waals surface area contributed by atoms with Crippen molar-refractivity contribution in [3.8, 4) is 17.6 Å². The van der Waals surface area contributed by atoms with E-state index in [4.69, 9.17) is 20.5 Å². The summed E-state index contributed by atoms with van der Waals surface area (Å²) in [7, 11) is 1.53. The summed E-state index contributed by atoms with van der Waals surface area (Å²) in [6.07, 6.45) is 5.15. The molecule has 0 spiro atoms. The predicted molar refractivity (Wildman–Crippen MR) is 98.0 cm³/mol. The van der Waals surface area contributed by atoms with E-state index in [1.54, 1.807) is 6.20 Å². The van der Waals surface area contributed by atoms with E-state index in [9.17, 15) is 4.39 Å². The zero-order valence-corrected chi connectivity index (χ0v) is 15.2. The molecule has 28 heavy (non-hydrogen) atoms. The van der Waals surface area contributed by atoms with Crippen LogP contribution in [0.25, 0.3) is 0 Å². The van der Waals surface area contributed by atoms with Gasteiger partial charge in [-0.3, -0.25) is 4.98 Å². The van der Waals surface area contributed by atoms with Crippen LogP contribution in [0.3, 0.4) is 0 Å². The molecule has 2 aromatic heterocycles. The summed E-state index contributed by atoms with van der Waals surface area (Å²) in [4.78, 5) is 12.2. The quantitative estimate of drug-likeness (QED) is 0.502. The van der Waals surface area contributed by atoms with Crippen LogP contribution in [-0.4, -0.2) is 47.6 Å². The molecule has 0 amide bonds. The third-order valence-corrected chi connectivity index (χ3v) is 4.15. The zero-order chi connectivity index (χ0) is 19.9. The maximum Gasteiger partial charge on any atom is 0.158 e. The number of alkyl halides is 1. The summed E-state index contributed by atoms with van der Waals surface area (Å²) >= 11 is 0. The monoisotopic (exact) mass is 388 g/mol. The molecule has 0 bridgehead atoms. The lowest BCUT2D eigenvalue weighted by Crippen LogP contribution is -2.36. The molecule has 0 aliphatic carbocycles. The average molecular weight is 388 g/mol. The van der Waals surface area contributed by atoms with Crippen molar-refractivity contribution in [3.63, 3.8) is 0 Å². The van der Waals surface area contributed by atoms with Gasteiger partial charge >= 0.3 is 0 Å². The molecule has 5 N–H and O–H groups in total. The van der Waals surface area contributed by atoms with Crippen molar-refractivity contribution >= 4 is 5.82 Å². The Morgan fingerprint density at radius 1 is 1.32 bits per heavy atom. The first kappa shape index (κ1) is 19.7. The van der Waals surface area contributed by atoms with Crippen molar-refractivity contribution in [3.05, 3.63) is 36.0 Å². The number of methoxy groups -OCH3 is 1. The molecule has 1 fully saturated rings. The Balaban J connectivity index is 1.71. The summed E-state index contributed by atoms with van der Waals surface area (Å²) in [6.45, 7) is -0.283. The number of pyridine rings is 1. The summed E-state index contributed by atoms with van der Waals surface area (Å²) in [6, 6.07) is 1.73. The van der Waals surface area contributed by atoms with E-state index in [0.717, 1.165) is 5.56 Å². The molecule has 2 aromatic rings. The van der Waals surface area contributed by atoms with Crippen molar-refractivity contribution in [2.75, 3.05) is 25.6 Å². The van der Waals surface area contributed by atoms with Crippen molar-refractivity contribution in [2.24, 2.45) is 5.73 Å². The van der Waals surface area contributed by atoms with Crippen LogP contribution in [0.15, 0.2) is 24.8 Å². The lowest BCUT2D eigenvalue weighted by molar-refractivity contribution is 0.197. The van der Waals surface area contributed by atoms with Crippen LogP contribution in [0.4, 0.5) is 10.2 Å². The highest BCUT2D eigenvalue weighted by molar-refractivity contribution is 5.45. The molecule has 10 nitrogen and oxygen atoms in total. The van der Waals surface area contributed by atoms with Gasteiger partial charge in [0.2, 0.25) is 0 Å². The van der Waals surface area contributed by atoms with Crippen LogP contribution in [0, 0.1) is 11.3 Å². The molecule has 148 valence electrons. The van der Waals surface area contributed by atoms with Gasteiger partial charge in [0.1, 0.15) is 36.2 Å². The molecule has 3 rings (SSSR count). The Hall–Kier alpha value is -3.07. The highest BCUT2D eigenvalue weighted by Crippen LogP contribution is 2.36. The molecule has 1 saturated heterocycles. The van der Waals surface area contributed by atoms with Gasteiger partial charge in [0.15, 0.2) is 5.69 Å². The van der Waals surface area contributed by atoms with Crippen LogP contribution >= 0.6 is 0 Å². The zero-order valence-electron chi connectivity index (χ0n) is 15.2. The van der Waals surface area contributed by atoms with Gasteiger partial charge in [0.05, 0.1) is 49.7 Å². The van der Waals surface area contributed by atoms with Gasteiger partial charge in [-0.05, 0) is 0 Å². The number of rotatable bonds is 8. The third kappa shape index (κ3) is 4.61. The Morgan fingerprint density at radius 3 is 2.82 bits per heavy atom. The Kier molecular flexibility index (Phi) is 6.49. The molecule has 0 aromatic carbocycles. The predicted octanol–water partition coefficient (Wildman–Crippen LogP) is 0.405. The molecule has 0 saturated carbocycles. The average Bonchev–Trinajstić information content (AvgIpc) is 3.20. The van der Waals surface area contributed by atoms with Gasteiger partial charge < -0.3 is 20.5 Å². The highest BCUT2D eigenvalue weighted by Gasteiger charge is 2.30. The van der Waals surface area contributed by atoms with Gasteiger partial charge in [-0.2, -0.15) is 5.26 Å². The minimum absolute atomic E-state index is 0.117. The standard InChI is InChI=1S/C17H21FN8O2/c1-27-13-6-21-7-14(28-9-10(18)3-19)17(13)12-2-15(26-25-12)24-16-8-22-11(4-20)5-23-16/h5-8,10,12,15,25-26H,2-3,9,19H2,1H3,(H,23,24)/t10-,12?,15?/m1/s1. The van der Waals surface area contributed by atoms with Crippen LogP contribution in [-0.2, 0) is 0 Å². The summed E-state index contributed by atoms with van der Waals surface area (Å²) in [5, 5.41) is 12.0. The SMILES string of the molecule is COc1cncc(OC[C@H](F)CN)c1C1CC(Nc2cnc(C#N)cn2)NN1. The lowest BCUT2D eigenvalue weighted by atomic mass is 10.0. The number of nitriles is 1. The molecular formula is C17H21FN8O2. The number of nitrogens with two attached hydrogens (primary N) is 1. The minimum Gasteiger partial charge on any atom is -0.495 e. The molecular weight excluding hydrogens is 367 g/mol. The maximum atomic E-state index is 13.5. The summed E-state index contributed by atoms with van der Waals surface area (Å²) < 4.78 is 24.5. The molecule has 3 heterocycles. The first-order chi connectivity index (χ1) is 13.6. The highest BCUT2D eigenvalue weighted by atomic mass is 19.1. The van der Waals surface area contributed by atoms with Crippen LogP contribution in [0.5, 0.6) is 11.5 Å². The first-order valence-electron chi connectivity index (χ1n) is 8.63. The third-order valence-electron chi connectivity index (χ3n) is 4.15. The fraction of sp³-hybridized carbons (Fsp3) is 0.412. The van der Waals surface area contributed by atoms with Crippen molar-refractivity contribution in [2.45, 2.75) is 24.8 Å². The van der Waals surface area contributed by atoms with E-state index >= 15 is 0 Å². The summed E-state index contributed by atoms with van der Waals surface area (Å²) in [5.74, 6) is 1.48. The Labute approximate surface area is 161 Å². The number of hydrogen-bond donors (Lipinski definition) is 4. The van der Waals surface area contributed by atoms with Crippen LogP contribution in [0.2, 0.25) is 0 Å². The Morgan fingerprint density at radius 2 is 2.14 bits per heavy atom. The second-order valence-corrected chi connectivity index (χ2v) is 6.07. The molecule has 1 aliphatic rings. The number of ether oxygens (including phenoxy) is 2. The number of aromatic nitrogens is 3. The second kappa shape index (κ2) is 9.23. The number of hydrazine groups is 1. The fourth-order valence-electron chi connectivity index (χ4n) is 2.78. The minimum atomic E-state index is -1.27. The maximum absolute atomic E-state index is 13.5. The van der Waals surface area contributed by atoms with E-state index in [1.807, 2.05) is 6.07 Å². The van der Waals surface area contributed by atoms with E-state index in [2.05, 4.69) is 31.1 Å². The van der Waals surface area contributed by atoms with Crippen molar-refractivity contribution in [1.82, 2.24) is 25.8 Å². The van der Waals surface area contributed by atoms with Crippen molar-refractivity contribution < 1.29 is 13.9 Å². The van der Waals surface area contributed by atoms with E-state index in [0.29, 0.717) is 23.7 Å². The normalized spacial score (nSPS) is 19.6.